The van der Waals surface area contributed by atoms with Gasteiger partial charge in [0.25, 0.3) is 5.91 Å². The maximum atomic E-state index is 13.6. The summed E-state index contributed by atoms with van der Waals surface area (Å²) in [4.78, 5) is 26.0. The molecular weight excluding hydrogens is 446 g/mol. The predicted molar refractivity (Wildman–Crippen MR) is 132 cm³/mol. The maximum Gasteiger partial charge on any atom is 0.307 e. The summed E-state index contributed by atoms with van der Waals surface area (Å²) < 4.78 is 7.03. The van der Waals surface area contributed by atoms with Crippen LogP contribution in [0.1, 0.15) is 33.2 Å². The zero-order valence-corrected chi connectivity index (χ0v) is 19.2. The van der Waals surface area contributed by atoms with Crippen LogP contribution in [0.5, 0.6) is 5.75 Å². The molecule has 0 unspecified atom stereocenters. The van der Waals surface area contributed by atoms with E-state index in [0.29, 0.717) is 11.3 Å². The number of carbonyl (C=O) groups excluding carboxylic acids is 1. The number of rotatable bonds is 6. The minimum Gasteiger partial charge on any atom is -0.496 e. The summed E-state index contributed by atoms with van der Waals surface area (Å²) in [5.74, 6) is 0.518. The highest BCUT2D eigenvalue weighted by Crippen LogP contribution is 2.38. The monoisotopic (exact) mass is 469 g/mol. The smallest absolute Gasteiger partial charge is 0.307 e. The van der Waals surface area contributed by atoms with Gasteiger partial charge in [0, 0.05) is 16.9 Å². The number of anilines is 2. The molecule has 0 saturated heterocycles. The van der Waals surface area contributed by atoms with E-state index in [9.17, 15) is 14.9 Å². The zero-order valence-electron chi connectivity index (χ0n) is 19.2. The van der Waals surface area contributed by atoms with E-state index in [2.05, 4.69) is 10.4 Å². The van der Waals surface area contributed by atoms with E-state index in [-0.39, 0.29) is 18.1 Å². The molecule has 0 saturated carbocycles. The van der Waals surface area contributed by atoms with Gasteiger partial charge in [-0.2, -0.15) is 5.10 Å². The summed E-state index contributed by atoms with van der Waals surface area (Å²) in [5, 5.41) is 18.7. The van der Waals surface area contributed by atoms with Crippen molar-refractivity contribution in [2.75, 3.05) is 17.3 Å². The number of para-hydroxylation sites is 1. The molecule has 0 fully saturated rings. The summed E-state index contributed by atoms with van der Waals surface area (Å²) in [7, 11) is 1.57. The van der Waals surface area contributed by atoms with Crippen molar-refractivity contribution in [3.8, 4) is 5.75 Å². The van der Waals surface area contributed by atoms with E-state index in [1.165, 1.54) is 17.1 Å². The Morgan fingerprint density at radius 2 is 1.89 bits per heavy atom. The lowest BCUT2D eigenvalue weighted by molar-refractivity contribution is -0.385. The van der Waals surface area contributed by atoms with Crippen molar-refractivity contribution >= 4 is 23.0 Å². The number of ether oxygens (including phenoxy) is 1. The second kappa shape index (κ2) is 8.94. The van der Waals surface area contributed by atoms with E-state index in [4.69, 9.17) is 4.74 Å². The van der Waals surface area contributed by atoms with Crippen LogP contribution < -0.4 is 15.0 Å². The van der Waals surface area contributed by atoms with Crippen molar-refractivity contribution in [3.63, 3.8) is 0 Å². The Labute approximate surface area is 201 Å². The molecule has 0 radical (unpaired) electrons. The fourth-order valence-corrected chi connectivity index (χ4v) is 4.26. The average Bonchev–Trinajstić information content (AvgIpc) is 3.34. The number of hydrogen-bond donors (Lipinski definition) is 1. The molecule has 1 aliphatic heterocycles. The molecule has 1 atom stereocenters. The lowest BCUT2D eigenvalue weighted by Gasteiger charge is -2.38. The van der Waals surface area contributed by atoms with E-state index in [1.807, 2.05) is 73.7 Å². The molecular formula is C26H23N5O4. The fourth-order valence-electron chi connectivity index (χ4n) is 4.26. The molecule has 35 heavy (non-hydrogen) atoms. The van der Waals surface area contributed by atoms with Crippen LogP contribution in [0.2, 0.25) is 0 Å². The fraction of sp³-hybridized carbons (Fsp3) is 0.154. The number of aryl methyl sites for hydroxylation is 1. The molecule has 1 aliphatic rings. The van der Waals surface area contributed by atoms with Crippen molar-refractivity contribution in [2.24, 2.45) is 0 Å². The number of methoxy groups -OCH3 is 1. The van der Waals surface area contributed by atoms with Crippen LogP contribution in [0.4, 0.5) is 17.1 Å². The molecule has 1 aromatic heterocycles. The van der Waals surface area contributed by atoms with Crippen molar-refractivity contribution in [1.29, 1.82) is 0 Å². The van der Waals surface area contributed by atoms with Crippen LogP contribution in [-0.2, 0) is 6.54 Å². The van der Waals surface area contributed by atoms with Gasteiger partial charge in [-0.25, -0.2) is 0 Å². The highest BCUT2D eigenvalue weighted by molar-refractivity contribution is 6.12. The Morgan fingerprint density at radius 3 is 2.60 bits per heavy atom. The number of nitro groups is 1. The van der Waals surface area contributed by atoms with Gasteiger partial charge in [0.2, 0.25) is 0 Å². The van der Waals surface area contributed by atoms with Gasteiger partial charge in [0.05, 0.1) is 24.1 Å². The molecule has 176 valence electrons. The minimum absolute atomic E-state index is 0.0816. The van der Waals surface area contributed by atoms with Crippen LogP contribution in [0.15, 0.2) is 79.1 Å². The van der Waals surface area contributed by atoms with Crippen LogP contribution in [0.3, 0.4) is 0 Å². The number of amides is 1. The molecule has 3 aromatic carbocycles. The summed E-state index contributed by atoms with van der Waals surface area (Å²) in [6.45, 7) is 2.27. The molecule has 5 rings (SSSR count). The third-order valence-electron chi connectivity index (χ3n) is 6.02. The van der Waals surface area contributed by atoms with Gasteiger partial charge in [0.1, 0.15) is 24.3 Å². The van der Waals surface area contributed by atoms with Crippen molar-refractivity contribution in [1.82, 2.24) is 9.78 Å². The topological polar surface area (TPSA) is 103 Å². The average molecular weight is 470 g/mol. The van der Waals surface area contributed by atoms with Crippen molar-refractivity contribution in [2.45, 2.75) is 19.6 Å². The van der Waals surface area contributed by atoms with Gasteiger partial charge in [0.15, 0.2) is 0 Å². The summed E-state index contributed by atoms with van der Waals surface area (Å²) in [5.41, 5.74) is 4.76. The van der Waals surface area contributed by atoms with E-state index < -0.39 is 11.1 Å². The molecule has 9 nitrogen and oxygen atoms in total. The Kier molecular flexibility index (Phi) is 5.66. The number of nitrogens with zero attached hydrogens (tertiary/aromatic N) is 4. The van der Waals surface area contributed by atoms with Gasteiger partial charge in [-0.05, 0) is 48.9 Å². The SMILES string of the molecule is COc1ccc([C@H]2Nc3ccccc3C(=O)N2c2ccc(C)cc2)cc1Cn1cc([N+](=O)[O-])cn1. The third-order valence-corrected chi connectivity index (χ3v) is 6.02. The Hall–Kier alpha value is -4.66. The first-order valence-corrected chi connectivity index (χ1v) is 11.0. The van der Waals surface area contributed by atoms with E-state index in [1.54, 1.807) is 12.0 Å². The van der Waals surface area contributed by atoms with Crippen molar-refractivity contribution < 1.29 is 14.5 Å². The Morgan fingerprint density at radius 1 is 1.11 bits per heavy atom. The molecule has 2 heterocycles. The molecule has 0 spiro atoms. The van der Waals surface area contributed by atoms with Gasteiger partial charge < -0.3 is 10.1 Å². The highest BCUT2D eigenvalue weighted by atomic mass is 16.6. The number of benzene rings is 3. The van der Waals surface area contributed by atoms with Gasteiger partial charge >= 0.3 is 5.69 Å². The first-order valence-electron chi connectivity index (χ1n) is 11.0. The lowest BCUT2D eigenvalue weighted by Crippen LogP contribution is -2.43. The molecule has 1 amide bonds. The van der Waals surface area contributed by atoms with E-state index >= 15 is 0 Å². The number of aromatic nitrogens is 2. The van der Waals surface area contributed by atoms with Gasteiger partial charge in [-0.3, -0.25) is 24.5 Å². The first-order chi connectivity index (χ1) is 16.9. The molecule has 9 heteroatoms. The zero-order chi connectivity index (χ0) is 24.5. The molecule has 0 aliphatic carbocycles. The van der Waals surface area contributed by atoms with Crippen LogP contribution >= 0.6 is 0 Å². The largest absolute Gasteiger partial charge is 0.496 e. The van der Waals surface area contributed by atoms with Crippen LogP contribution in [0.25, 0.3) is 0 Å². The van der Waals surface area contributed by atoms with Crippen molar-refractivity contribution in [3.05, 3.63) is 111 Å². The summed E-state index contributed by atoms with van der Waals surface area (Å²) in [6.07, 6.45) is 2.12. The van der Waals surface area contributed by atoms with Crippen LogP contribution in [-0.4, -0.2) is 27.7 Å². The Balaban J connectivity index is 1.57. The number of carbonyl (C=O) groups is 1. The number of fused-ring (bicyclic) bond motifs is 1. The second-order valence-electron chi connectivity index (χ2n) is 8.33. The molecule has 0 bridgehead atoms. The Bertz CT molecular complexity index is 1410. The van der Waals surface area contributed by atoms with Gasteiger partial charge in [-0.1, -0.05) is 35.9 Å². The van der Waals surface area contributed by atoms with Gasteiger partial charge in [-0.15, -0.1) is 0 Å². The second-order valence-corrected chi connectivity index (χ2v) is 8.33. The molecule has 1 N–H and O–H groups in total. The minimum atomic E-state index is -0.481. The maximum absolute atomic E-state index is 13.6. The highest BCUT2D eigenvalue weighted by Gasteiger charge is 2.34. The van der Waals surface area contributed by atoms with E-state index in [0.717, 1.165) is 28.1 Å². The summed E-state index contributed by atoms with van der Waals surface area (Å²) in [6, 6.07) is 20.9. The number of nitrogens with one attached hydrogen (secondary N) is 1. The summed E-state index contributed by atoms with van der Waals surface area (Å²) >= 11 is 0. The molecule has 4 aromatic rings. The third kappa shape index (κ3) is 4.19. The normalized spacial score (nSPS) is 14.9. The van der Waals surface area contributed by atoms with Crippen LogP contribution in [0, 0.1) is 17.0 Å². The standard InChI is InChI=1S/C26H23N5O4/c1-17-7-10-20(11-8-17)30-25(28-23-6-4-3-5-22(23)26(30)32)18-9-12-24(35-2)19(13-18)15-29-16-21(14-27-29)31(33)34/h3-14,16,25,28H,15H2,1-2H3/t25-/m0/s1. The predicted octanol–water partition coefficient (Wildman–Crippen LogP) is 4.93. The first kappa shape index (κ1) is 22.1. The number of hydrogen-bond acceptors (Lipinski definition) is 6. The quantitative estimate of drug-likeness (QED) is 0.317. The lowest BCUT2D eigenvalue weighted by atomic mass is 10.0.